The van der Waals surface area contributed by atoms with Crippen molar-refractivity contribution in [3.63, 3.8) is 0 Å². The van der Waals surface area contributed by atoms with E-state index in [2.05, 4.69) is 196 Å². The number of aryl methyl sites for hydroxylation is 4. The molecule has 72 heavy (non-hydrogen) atoms. The molecule has 368 valence electrons. The molecule has 0 amide bonds. The third kappa shape index (κ3) is 27.2. The van der Waals surface area contributed by atoms with Crippen molar-refractivity contribution in [2.24, 2.45) is 0 Å². The summed E-state index contributed by atoms with van der Waals surface area (Å²) in [6, 6.07) is 103. The molecule has 10 aromatic rings. The van der Waals surface area contributed by atoms with E-state index in [1.807, 2.05) is 121 Å². The Balaban J connectivity index is 0.000000231. The molecule has 10 aromatic carbocycles. The minimum absolute atomic E-state index is 0. The highest BCUT2D eigenvalue weighted by atomic mass is 16.5. The molecule has 10 rings (SSSR count). The van der Waals surface area contributed by atoms with Crippen LogP contribution < -0.4 is 4.74 Å². The summed E-state index contributed by atoms with van der Waals surface area (Å²) in [4.78, 5) is 0. The van der Waals surface area contributed by atoms with Gasteiger partial charge in [0.05, 0.1) is 13.2 Å². The maximum Gasteiger partial charge on any atom is 0.119 e. The number of benzene rings is 10. The molecule has 0 aromatic heterocycles. The van der Waals surface area contributed by atoms with E-state index in [1.54, 1.807) is 0 Å². The quantitative estimate of drug-likeness (QED) is 0.121. The molecule has 0 bridgehead atoms. The van der Waals surface area contributed by atoms with Crippen LogP contribution >= 0.6 is 0 Å². The highest BCUT2D eigenvalue weighted by Gasteiger charge is 1.96. The number of ether oxygens (including phenoxy) is 2. The first-order valence-electron chi connectivity index (χ1n) is 24.2. The SMILES string of the molecule is C.C.Cc1ccccc1.Cc1ccccc1.c1ccc(CCc2ccccc2)cc1.c1ccc(COCc2ccccc2)cc1.c1ccc(COc2ccccc2)cc1.c1ccc(Cc2ccccc2)cc1. The van der Waals surface area contributed by atoms with Crippen molar-refractivity contribution < 1.29 is 9.47 Å². The smallest absolute Gasteiger partial charge is 0.119 e. The fourth-order valence-corrected chi connectivity index (χ4v) is 6.77. The zero-order valence-electron chi connectivity index (χ0n) is 40.9. The maximum absolute atomic E-state index is 5.61. The van der Waals surface area contributed by atoms with Gasteiger partial charge in [-0.05, 0) is 84.2 Å². The van der Waals surface area contributed by atoms with E-state index in [9.17, 15) is 0 Å². The topological polar surface area (TPSA) is 18.5 Å². The molecule has 0 unspecified atom stereocenters. The monoisotopic (exact) mass is 949 g/mol. The summed E-state index contributed by atoms with van der Waals surface area (Å²) in [7, 11) is 0. The van der Waals surface area contributed by atoms with Crippen molar-refractivity contribution in [3.8, 4) is 5.75 Å². The highest BCUT2D eigenvalue weighted by Crippen LogP contribution is 2.12. The van der Waals surface area contributed by atoms with Crippen molar-refractivity contribution in [3.05, 3.63) is 353 Å². The first kappa shape index (κ1) is 58.3. The molecule has 0 radical (unpaired) electrons. The van der Waals surface area contributed by atoms with Crippen LogP contribution in [0.15, 0.2) is 303 Å². The molecule has 0 fully saturated rings. The Morgan fingerprint density at radius 1 is 0.236 bits per heavy atom. The summed E-state index contributed by atoms with van der Waals surface area (Å²) < 4.78 is 11.2. The Bertz CT molecular complexity index is 2430. The van der Waals surface area contributed by atoms with Gasteiger partial charge in [-0.3, -0.25) is 0 Å². The van der Waals surface area contributed by atoms with Gasteiger partial charge in [0.25, 0.3) is 0 Å². The molecule has 0 spiro atoms. The Labute approximate surface area is 434 Å². The lowest BCUT2D eigenvalue weighted by Crippen LogP contribution is -1.94. The summed E-state index contributed by atoms with van der Waals surface area (Å²) in [6.07, 6.45) is 3.29. The fraction of sp³-hybridized carbons (Fsp3) is 0.143. The van der Waals surface area contributed by atoms with Gasteiger partial charge in [-0.25, -0.2) is 0 Å². The van der Waals surface area contributed by atoms with Gasteiger partial charge in [-0.2, -0.15) is 0 Å². The van der Waals surface area contributed by atoms with Crippen molar-refractivity contribution in [1.29, 1.82) is 0 Å². The molecular weight excluding hydrogens is 873 g/mol. The van der Waals surface area contributed by atoms with Crippen molar-refractivity contribution in [2.75, 3.05) is 0 Å². The second-order valence-corrected chi connectivity index (χ2v) is 16.5. The lowest BCUT2D eigenvalue weighted by Gasteiger charge is -2.05. The predicted octanol–water partition coefficient (Wildman–Crippen LogP) is 18.7. The first-order chi connectivity index (χ1) is 34.6. The predicted molar refractivity (Wildman–Crippen MR) is 310 cm³/mol. The van der Waals surface area contributed by atoms with Crippen LogP contribution in [0.4, 0.5) is 0 Å². The zero-order valence-corrected chi connectivity index (χ0v) is 40.9. The Morgan fingerprint density at radius 3 is 0.722 bits per heavy atom. The average molecular weight is 949 g/mol. The molecule has 2 nitrogen and oxygen atoms in total. The molecule has 0 heterocycles. The number of para-hydroxylation sites is 1. The molecule has 0 aliphatic carbocycles. The summed E-state index contributed by atoms with van der Waals surface area (Å²) in [5.41, 5.74) is 11.8. The molecule has 0 saturated carbocycles. The minimum atomic E-state index is 0. The Morgan fingerprint density at radius 2 is 0.458 bits per heavy atom. The second-order valence-electron chi connectivity index (χ2n) is 16.5. The third-order valence-electron chi connectivity index (χ3n) is 10.6. The largest absolute Gasteiger partial charge is 0.489 e. The van der Waals surface area contributed by atoms with E-state index in [0.29, 0.717) is 19.8 Å². The van der Waals surface area contributed by atoms with Crippen molar-refractivity contribution >= 4 is 0 Å². The minimum Gasteiger partial charge on any atom is -0.489 e. The fourth-order valence-electron chi connectivity index (χ4n) is 6.77. The molecule has 0 aliphatic heterocycles. The van der Waals surface area contributed by atoms with Crippen LogP contribution in [0.25, 0.3) is 0 Å². The van der Waals surface area contributed by atoms with Crippen molar-refractivity contribution in [1.82, 2.24) is 0 Å². The lowest BCUT2D eigenvalue weighted by molar-refractivity contribution is 0.107. The van der Waals surface area contributed by atoms with Gasteiger partial charge in [-0.1, -0.05) is 317 Å². The van der Waals surface area contributed by atoms with Crippen LogP contribution in [0.5, 0.6) is 5.75 Å². The highest BCUT2D eigenvalue weighted by molar-refractivity contribution is 5.26. The van der Waals surface area contributed by atoms with E-state index in [-0.39, 0.29) is 14.9 Å². The van der Waals surface area contributed by atoms with Gasteiger partial charge in [-0.15, -0.1) is 0 Å². The average Bonchev–Trinajstić information content (AvgIpc) is 3.43. The summed E-state index contributed by atoms with van der Waals surface area (Å²) >= 11 is 0. The van der Waals surface area contributed by atoms with E-state index in [0.717, 1.165) is 25.0 Å². The molecule has 0 aliphatic rings. The van der Waals surface area contributed by atoms with Gasteiger partial charge >= 0.3 is 0 Å². The van der Waals surface area contributed by atoms with Crippen LogP contribution in [0.3, 0.4) is 0 Å². The number of hydrogen-bond donors (Lipinski definition) is 0. The summed E-state index contributed by atoms with van der Waals surface area (Å²) in [5.74, 6) is 0.913. The summed E-state index contributed by atoms with van der Waals surface area (Å²) in [5, 5.41) is 0. The van der Waals surface area contributed by atoms with Gasteiger partial charge in [0.15, 0.2) is 0 Å². The van der Waals surface area contributed by atoms with Crippen LogP contribution in [0, 0.1) is 13.8 Å². The van der Waals surface area contributed by atoms with Gasteiger partial charge in [0, 0.05) is 0 Å². The van der Waals surface area contributed by atoms with E-state index in [4.69, 9.17) is 9.47 Å². The van der Waals surface area contributed by atoms with E-state index in [1.165, 1.54) is 50.1 Å². The number of rotatable bonds is 12. The Hall–Kier alpha value is -8.04. The molecule has 2 heteroatoms. The zero-order chi connectivity index (χ0) is 48.8. The van der Waals surface area contributed by atoms with E-state index < -0.39 is 0 Å². The van der Waals surface area contributed by atoms with Gasteiger partial charge in [0.1, 0.15) is 12.4 Å². The first-order valence-corrected chi connectivity index (χ1v) is 24.2. The van der Waals surface area contributed by atoms with Crippen LogP contribution in [-0.2, 0) is 43.8 Å². The number of hydrogen-bond acceptors (Lipinski definition) is 2. The third-order valence-corrected chi connectivity index (χ3v) is 10.6. The summed E-state index contributed by atoms with van der Waals surface area (Å²) in [6.45, 7) is 6.15. The van der Waals surface area contributed by atoms with E-state index >= 15 is 0 Å². The normalized spacial score (nSPS) is 9.42. The van der Waals surface area contributed by atoms with Crippen LogP contribution in [0.1, 0.15) is 64.9 Å². The molecule has 0 N–H and O–H groups in total. The van der Waals surface area contributed by atoms with Gasteiger partial charge < -0.3 is 9.47 Å². The van der Waals surface area contributed by atoms with Crippen LogP contribution in [-0.4, -0.2) is 0 Å². The van der Waals surface area contributed by atoms with Crippen molar-refractivity contribution in [2.45, 2.75) is 67.8 Å². The van der Waals surface area contributed by atoms with Gasteiger partial charge in [0.2, 0.25) is 0 Å². The second kappa shape index (κ2) is 37.8. The Kier molecular flexibility index (Phi) is 30.6. The lowest BCUT2D eigenvalue weighted by atomic mass is 10.0. The standard InChI is InChI=1S/C14H14O.C14H14.C13H12O.C13H12.2C7H8.2CH4/c1-3-7-13(8-4-1)11-15-12-14-9-5-2-6-10-14;1-3-7-13(8-4-1)11-12-14-9-5-2-6-10-14;1-3-7-12(8-4-1)11-14-13-9-5-2-6-10-13;1-3-7-12(8-4-1)11-13-9-5-2-6-10-13;2*1-7-5-3-2-4-6-7;;/h1-10H,11-12H2;1-10H,11-12H2;1-10H,11H2;1-10H,11H2;2*2-6H,1H3;2*1H4. The van der Waals surface area contributed by atoms with Crippen LogP contribution in [0.2, 0.25) is 0 Å². The maximum atomic E-state index is 5.61. The molecular formula is C70H76O2. The molecule has 0 atom stereocenters. The molecule has 0 saturated heterocycles.